The van der Waals surface area contributed by atoms with Gasteiger partial charge in [0.15, 0.2) is 10.9 Å². The number of rotatable bonds is 5. The van der Waals surface area contributed by atoms with Gasteiger partial charge in [-0.1, -0.05) is 25.2 Å². The Labute approximate surface area is 140 Å². The zero-order valence-corrected chi connectivity index (χ0v) is 14.6. The molecule has 0 fully saturated rings. The summed E-state index contributed by atoms with van der Waals surface area (Å²) in [5, 5.41) is 3.20. The van der Waals surface area contributed by atoms with Gasteiger partial charge in [0.25, 0.3) is 0 Å². The fourth-order valence-corrected chi connectivity index (χ4v) is 3.35. The predicted octanol–water partition coefficient (Wildman–Crippen LogP) is 2.02. The molecule has 1 aliphatic carbocycles. The quantitative estimate of drug-likeness (QED) is 0.849. The van der Waals surface area contributed by atoms with E-state index in [-0.39, 0.29) is 48.6 Å². The van der Waals surface area contributed by atoms with Crippen LogP contribution in [0, 0.1) is 5.41 Å². The summed E-state index contributed by atoms with van der Waals surface area (Å²) in [6, 6.07) is 0. The van der Waals surface area contributed by atoms with Crippen LogP contribution in [0.15, 0.2) is 0 Å². The number of ether oxygens (including phenoxy) is 1. The standard InChI is InChI=1S/C14H21N3O3S.ClH/c1-14(2)5-9-12(10(18)6-14)21-13(16-9)17-11(19)4-8(7-15)20-3;/h8H,4-7,15H2,1-3H3,(H,16,17,19);1H. The van der Waals surface area contributed by atoms with Crippen molar-refractivity contribution in [3.05, 3.63) is 10.6 Å². The molecule has 1 amide bonds. The molecule has 124 valence electrons. The number of hydrogen-bond donors (Lipinski definition) is 2. The zero-order chi connectivity index (χ0) is 15.6. The first-order valence-corrected chi connectivity index (χ1v) is 7.72. The summed E-state index contributed by atoms with van der Waals surface area (Å²) < 4.78 is 5.08. The van der Waals surface area contributed by atoms with Crippen LogP contribution in [0.2, 0.25) is 0 Å². The summed E-state index contributed by atoms with van der Waals surface area (Å²) >= 11 is 1.25. The molecule has 0 aliphatic heterocycles. The molecule has 0 aromatic carbocycles. The number of nitrogens with two attached hydrogens (primary N) is 1. The van der Waals surface area contributed by atoms with Crippen molar-refractivity contribution in [2.45, 2.75) is 39.2 Å². The first kappa shape index (κ1) is 19.0. The van der Waals surface area contributed by atoms with E-state index in [1.54, 1.807) is 0 Å². The Kier molecular flexibility index (Phi) is 6.49. The molecule has 1 atom stereocenters. The summed E-state index contributed by atoms with van der Waals surface area (Å²) in [4.78, 5) is 29.1. The SMILES string of the molecule is COC(CN)CC(=O)Nc1nc2c(s1)C(=O)CC(C)(C)C2.Cl. The lowest BCUT2D eigenvalue weighted by atomic mass is 9.78. The summed E-state index contributed by atoms with van der Waals surface area (Å²) in [6.45, 7) is 4.39. The molecule has 0 radical (unpaired) electrons. The third-order valence-corrected chi connectivity index (χ3v) is 4.55. The molecule has 2 rings (SSSR count). The van der Waals surface area contributed by atoms with Gasteiger partial charge in [0.05, 0.1) is 23.1 Å². The number of ketones is 1. The van der Waals surface area contributed by atoms with Gasteiger partial charge in [0.2, 0.25) is 5.91 Å². The van der Waals surface area contributed by atoms with E-state index in [9.17, 15) is 9.59 Å². The molecule has 1 aromatic rings. The van der Waals surface area contributed by atoms with Crippen molar-refractivity contribution in [1.82, 2.24) is 4.98 Å². The normalized spacial score (nSPS) is 17.4. The van der Waals surface area contributed by atoms with Crippen molar-refractivity contribution in [3.63, 3.8) is 0 Å². The fourth-order valence-electron chi connectivity index (χ4n) is 2.41. The molecular weight excluding hydrogens is 326 g/mol. The molecular formula is C14H22ClN3O3S. The topological polar surface area (TPSA) is 94.3 Å². The number of Topliss-reactive ketones (excluding diaryl/α,β-unsaturated/α-hetero) is 1. The van der Waals surface area contributed by atoms with Crippen molar-refractivity contribution in [2.24, 2.45) is 11.1 Å². The number of carbonyl (C=O) groups is 2. The number of carbonyl (C=O) groups excluding carboxylic acids is 2. The molecule has 1 aliphatic rings. The third-order valence-electron chi connectivity index (χ3n) is 3.49. The van der Waals surface area contributed by atoms with Crippen molar-refractivity contribution < 1.29 is 14.3 Å². The second-order valence-electron chi connectivity index (χ2n) is 6.08. The van der Waals surface area contributed by atoms with Crippen LogP contribution in [0.5, 0.6) is 0 Å². The summed E-state index contributed by atoms with van der Waals surface area (Å²) in [5.74, 6) is -0.0962. The number of amides is 1. The van der Waals surface area contributed by atoms with Crippen molar-refractivity contribution in [1.29, 1.82) is 0 Å². The maximum absolute atomic E-state index is 12.1. The third kappa shape index (κ3) is 4.49. The van der Waals surface area contributed by atoms with Gasteiger partial charge in [-0.25, -0.2) is 4.98 Å². The maximum atomic E-state index is 12.1. The minimum atomic E-state index is -0.305. The van der Waals surface area contributed by atoms with Crippen LogP contribution in [0.4, 0.5) is 5.13 Å². The van der Waals surface area contributed by atoms with Crippen LogP contribution < -0.4 is 11.1 Å². The van der Waals surface area contributed by atoms with E-state index < -0.39 is 0 Å². The van der Waals surface area contributed by atoms with E-state index in [0.717, 1.165) is 12.1 Å². The van der Waals surface area contributed by atoms with E-state index >= 15 is 0 Å². The van der Waals surface area contributed by atoms with Gasteiger partial charge in [-0.2, -0.15) is 0 Å². The second-order valence-corrected chi connectivity index (χ2v) is 7.08. The highest BCUT2D eigenvalue weighted by molar-refractivity contribution is 7.17. The minimum Gasteiger partial charge on any atom is -0.380 e. The number of nitrogens with one attached hydrogen (secondary N) is 1. The van der Waals surface area contributed by atoms with Crippen LogP contribution in [0.1, 0.15) is 42.1 Å². The van der Waals surface area contributed by atoms with E-state index in [2.05, 4.69) is 24.1 Å². The molecule has 22 heavy (non-hydrogen) atoms. The molecule has 8 heteroatoms. The van der Waals surface area contributed by atoms with Crippen molar-refractivity contribution in [3.8, 4) is 0 Å². The summed E-state index contributed by atoms with van der Waals surface area (Å²) in [6.07, 6.45) is 1.15. The Morgan fingerprint density at radius 3 is 2.77 bits per heavy atom. The first-order valence-electron chi connectivity index (χ1n) is 6.90. The molecule has 3 N–H and O–H groups in total. The average Bonchev–Trinajstić information content (AvgIpc) is 2.76. The lowest BCUT2D eigenvalue weighted by molar-refractivity contribution is -0.118. The van der Waals surface area contributed by atoms with E-state index in [1.165, 1.54) is 18.4 Å². The van der Waals surface area contributed by atoms with E-state index in [1.807, 2.05) is 0 Å². The fraction of sp³-hybridized carbons (Fsp3) is 0.643. The van der Waals surface area contributed by atoms with E-state index in [0.29, 0.717) is 16.4 Å². The molecule has 1 unspecified atom stereocenters. The number of hydrogen-bond acceptors (Lipinski definition) is 6. The van der Waals surface area contributed by atoms with Gasteiger partial charge in [0, 0.05) is 20.1 Å². The van der Waals surface area contributed by atoms with Crippen LogP contribution >= 0.6 is 23.7 Å². The Hall–Kier alpha value is -1.02. The molecule has 0 saturated carbocycles. The van der Waals surface area contributed by atoms with Gasteiger partial charge in [-0.3, -0.25) is 9.59 Å². The maximum Gasteiger partial charge on any atom is 0.228 e. The highest BCUT2D eigenvalue weighted by Gasteiger charge is 2.34. The van der Waals surface area contributed by atoms with Crippen LogP contribution in [-0.4, -0.2) is 36.4 Å². The highest BCUT2D eigenvalue weighted by atomic mass is 35.5. The number of halogens is 1. The van der Waals surface area contributed by atoms with Crippen LogP contribution in [-0.2, 0) is 16.0 Å². The first-order chi connectivity index (χ1) is 9.84. The molecule has 0 bridgehead atoms. The summed E-state index contributed by atoms with van der Waals surface area (Å²) in [7, 11) is 1.52. The lowest BCUT2D eigenvalue weighted by Gasteiger charge is -2.26. The average molecular weight is 348 g/mol. The molecule has 1 aromatic heterocycles. The van der Waals surface area contributed by atoms with Crippen LogP contribution in [0.25, 0.3) is 0 Å². The van der Waals surface area contributed by atoms with Crippen molar-refractivity contribution in [2.75, 3.05) is 19.0 Å². The minimum absolute atomic E-state index is 0. The van der Waals surface area contributed by atoms with Gasteiger partial charge >= 0.3 is 0 Å². The zero-order valence-electron chi connectivity index (χ0n) is 13.0. The van der Waals surface area contributed by atoms with Gasteiger partial charge in [-0.05, 0) is 11.8 Å². The smallest absolute Gasteiger partial charge is 0.228 e. The van der Waals surface area contributed by atoms with Crippen molar-refractivity contribution >= 4 is 40.6 Å². The molecule has 1 heterocycles. The number of nitrogens with zero attached hydrogens (tertiary/aromatic N) is 1. The van der Waals surface area contributed by atoms with Crippen LogP contribution in [0.3, 0.4) is 0 Å². The monoisotopic (exact) mass is 347 g/mol. The number of methoxy groups -OCH3 is 1. The number of anilines is 1. The summed E-state index contributed by atoms with van der Waals surface area (Å²) in [5.41, 5.74) is 6.21. The number of thiazole rings is 1. The van der Waals surface area contributed by atoms with E-state index in [4.69, 9.17) is 10.5 Å². The Balaban J connectivity index is 0.00000242. The number of aromatic nitrogens is 1. The Morgan fingerprint density at radius 2 is 2.18 bits per heavy atom. The Bertz CT molecular complexity index is 556. The van der Waals surface area contributed by atoms with Gasteiger partial charge < -0.3 is 15.8 Å². The van der Waals surface area contributed by atoms with Gasteiger partial charge in [-0.15, -0.1) is 12.4 Å². The lowest BCUT2D eigenvalue weighted by Crippen LogP contribution is -2.28. The molecule has 0 spiro atoms. The molecule has 0 saturated heterocycles. The Morgan fingerprint density at radius 1 is 1.50 bits per heavy atom. The predicted molar refractivity (Wildman–Crippen MR) is 88.9 cm³/mol. The second kappa shape index (κ2) is 7.50. The molecule has 6 nitrogen and oxygen atoms in total. The highest BCUT2D eigenvalue weighted by Crippen LogP contribution is 2.38. The largest absolute Gasteiger partial charge is 0.380 e. The number of fused-ring (bicyclic) bond motifs is 1. The van der Waals surface area contributed by atoms with Gasteiger partial charge in [0.1, 0.15) is 0 Å².